The van der Waals surface area contributed by atoms with Crippen molar-refractivity contribution in [2.24, 2.45) is 0 Å². The fourth-order valence-corrected chi connectivity index (χ4v) is 3.87. The van der Waals surface area contributed by atoms with Crippen molar-refractivity contribution in [3.05, 3.63) is 41.5 Å². The Kier molecular flexibility index (Phi) is 3.03. The lowest BCUT2D eigenvalue weighted by molar-refractivity contribution is 0.162. The minimum atomic E-state index is 0.486. The predicted molar refractivity (Wildman–Crippen MR) is 79.7 cm³/mol. The molecular formula is C16H21N5. The van der Waals surface area contributed by atoms with Gasteiger partial charge in [-0.3, -0.25) is 4.90 Å². The molecule has 2 bridgehead atoms. The second kappa shape index (κ2) is 4.91. The number of rotatable bonds is 3. The molecule has 110 valence electrons. The van der Waals surface area contributed by atoms with E-state index in [4.69, 9.17) is 0 Å². The molecule has 0 amide bonds. The van der Waals surface area contributed by atoms with E-state index in [2.05, 4.69) is 31.3 Å². The lowest BCUT2D eigenvalue weighted by Crippen LogP contribution is -2.38. The molecule has 5 heteroatoms. The highest BCUT2D eigenvalue weighted by atomic mass is 15.2. The van der Waals surface area contributed by atoms with Crippen molar-refractivity contribution in [3.8, 4) is 0 Å². The number of imidazole rings is 1. The molecule has 21 heavy (non-hydrogen) atoms. The molecule has 0 unspecified atom stereocenters. The third kappa shape index (κ3) is 2.07. The van der Waals surface area contributed by atoms with Gasteiger partial charge in [-0.1, -0.05) is 0 Å². The standard InChI is InChI=1S/C16H21N5/c1-3-20-10-17-7-13(20)9-21-12-4-5-16(21)14-8-18-11(2)19-15(14)6-12/h7-8,10,12,16H,3-6,9H2,1-2H3/t12-,16+/m0/s1. The summed E-state index contributed by atoms with van der Waals surface area (Å²) in [6.45, 7) is 6.12. The number of aryl methyl sites for hydroxylation is 2. The van der Waals surface area contributed by atoms with Gasteiger partial charge in [-0.15, -0.1) is 0 Å². The summed E-state index contributed by atoms with van der Waals surface area (Å²) < 4.78 is 2.24. The van der Waals surface area contributed by atoms with Gasteiger partial charge < -0.3 is 4.57 Å². The Labute approximate surface area is 125 Å². The number of nitrogens with zero attached hydrogens (tertiary/aromatic N) is 5. The average Bonchev–Trinajstić information content (AvgIpc) is 3.03. The van der Waals surface area contributed by atoms with E-state index in [1.54, 1.807) is 0 Å². The molecule has 0 radical (unpaired) electrons. The van der Waals surface area contributed by atoms with E-state index in [1.165, 1.54) is 29.8 Å². The van der Waals surface area contributed by atoms with Gasteiger partial charge >= 0.3 is 0 Å². The zero-order valence-electron chi connectivity index (χ0n) is 12.7. The third-order valence-electron chi connectivity index (χ3n) is 4.93. The summed E-state index contributed by atoms with van der Waals surface area (Å²) >= 11 is 0. The van der Waals surface area contributed by atoms with E-state index in [9.17, 15) is 0 Å². The van der Waals surface area contributed by atoms with Gasteiger partial charge in [-0.05, 0) is 26.7 Å². The normalized spacial score (nSPS) is 24.3. The Hall–Kier alpha value is -1.75. The van der Waals surface area contributed by atoms with Crippen molar-refractivity contribution in [1.82, 2.24) is 24.4 Å². The number of fused-ring (bicyclic) bond motifs is 4. The van der Waals surface area contributed by atoms with Gasteiger partial charge in [0, 0.05) is 49.6 Å². The Bertz CT molecular complexity index is 662. The minimum absolute atomic E-state index is 0.486. The van der Waals surface area contributed by atoms with E-state index < -0.39 is 0 Å². The number of aromatic nitrogens is 4. The molecule has 2 atom stereocenters. The van der Waals surface area contributed by atoms with Crippen LogP contribution >= 0.6 is 0 Å². The second-order valence-corrected chi connectivity index (χ2v) is 6.11. The molecule has 0 N–H and O–H groups in total. The fraction of sp³-hybridized carbons (Fsp3) is 0.562. The maximum atomic E-state index is 4.66. The van der Waals surface area contributed by atoms with Gasteiger partial charge in [0.15, 0.2) is 0 Å². The van der Waals surface area contributed by atoms with Crippen LogP contribution in [0.1, 0.15) is 48.6 Å². The van der Waals surface area contributed by atoms with Crippen molar-refractivity contribution in [3.63, 3.8) is 0 Å². The molecule has 2 aromatic rings. The summed E-state index contributed by atoms with van der Waals surface area (Å²) in [7, 11) is 0. The van der Waals surface area contributed by atoms with E-state index in [0.29, 0.717) is 12.1 Å². The zero-order valence-corrected chi connectivity index (χ0v) is 12.7. The molecule has 1 fully saturated rings. The number of hydrogen-bond donors (Lipinski definition) is 0. The highest BCUT2D eigenvalue weighted by Crippen LogP contribution is 2.43. The van der Waals surface area contributed by atoms with Crippen LogP contribution in [0.25, 0.3) is 0 Å². The van der Waals surface area contributed by atoms with Gasteiger partial charge in [0.2, 0.25) is 0 Å². The molecule has 2 aliphatic heterocycles. The summed E-state index contributed by atoms with van der Waals surface area (Å²) in [4.78, 5) is 16.0. The maximum Gasteiger partial charge on any atom is 0.125 e. The quantitative estimate of drug-likeness (QED) is 0.867. The Morgan fingerprint density at radius 2 is 2.19 bits per heavy atom. The minimum Gasteiger partial charge on any atom is -0.334 e. The maximum absolute atomic E-state index is 4.66. The van der Waals surface area contributed by atoms with Crippen molar-refractivity contribution in [2.45, 2.75) is 58.3 Å². The predicted octanol–water partition coefficient (Wildman–Crippen LogP) is 2.26. The Morgan fingerprint density at radius 3 is 3.05 bits per heavy atom. The third-order valence-corrected chi connectivity index (χ3v) is 4.93. The second-order valence-electron chi connectivity index (χ2n) is 6.11. The van der Waals surface area contributed by atoms with Crippen LogP contribution in [0.4, 0.5) is 0 Å². The first-order valence-corrected chi connectivity index (χ1v) is 7.83. The van der Waals surface area contributed by atoms with E-state index in [0.717, 1.165) is 25.3 Å². The van der Waals surface area contributed by atoms with Crippen LogP contribution in [0.2, 0.25) is 0 Å². The van der Waals surface area contributed by atoms with Crippen LogP contribution in [-0.4, -0.2) is 30.5 Å². The molecule has 2 aliphatic rings. The summed E-state index contributed by atoms with van der Waals surface area (Å²) in [6.07, 6.45) is 9.54. The van der Waals surface area contributed by atoms with Crippen LogP contribution < -0.4 is 0 Å². The highest BCUT2D eigenvalue weighted by molar-refractivity contribution is 5.28. The topological polar surface area (TPSA) is 46.8 Å². The Balaban J connectivity index is 1.65. The first-order valence-electron chi connectivity index (χ1n) is 7.83. The van der Waals surface area contributed by atoms with Crippen molar-refractivity contribution >= 4 is 0 Å². The van der Waals surface area contributed by atoms with Gasteiger partial charge in [0.1, 0.15) is 5.82 Å². The largest absolute Gasteiger partial charge is 0.334 e. The van der Waals surface area contributed by atoms with E-state index in [1.807, 2.05) is 25.6 Å². The molecule has 4 rings (SSSR count). The zero-order chi connectivity index (χ0) is 14.4. The molecule has 0 aromatic carbocycles. The van der Waals surface area contributed by atoms with Gasteiger partial charge in [-0.2, -0.15) is 0 Å². The molecule has 5 nitrogen and oxygen atoms in total. The lowest BCUT2D eigenvalue weighted by Gasteiger charge is -2.35. The average molecular weight is 283 g/mol. The molecule has 0 saturated carbocycles. The fourth-order valence-electron chi connectivity index (χ4n) is 3.87. The van der Waals surface area contributed by atoms with E-state index >= 15 is 0 Å². The smallest absolute Gasteiger partial charge is 0.125 e. The monoisotopic (exact) mass is 283 g/mol. The van der Waals surface area contributed by atoms with Crippen LogP contribution in [0, 0.1) is 6.92 Å². The molecule has 0 aliphatic carbocycles. The van der Waals surface area contributed by atoms with Gasteiger partial charge in [0.25, 0.3) is 0 Å². The summed E-state index contributed by atoms with van der Waals surface area (Å²) in [5, 5.41) is 0. The Morgan fingerprint density at radius 1 is 1.29 bits per heavy atom. The molecule has 0 spiro atoms. The summed E-state index contributed by atoms with van der Waals surface area (Å²) in [6, 6.07) is 1.11. The van der Waals surface area contributed by atoms with Crippen molar-refractivity contribution < 1.29 is 0 Å². The molecule has 2 aromatic heterocycles. The van der Waals surface area contributed by atoms with Crippen molar-refractivity contribution in [1.29, 1.82) is 0 Å². The highest BCUT2D eigenvalue weighted by Gasteiger charge is 2.40. The molecule has 4 heterocycles. The molecule has 1 saturated heterocycles. The molecular weight excluding hydrogens is 262 g/mol. The first kappa shape index (κ1) is 13.0. The summed E-state index contributed by atoms with van der Waals surface area (Å²) in [5.41, 5.74) is 3.93. The van der Waals surface area contributed by atoms with Gasteiger partial charge in [-0.25, -0.2) is 15.0 Å². The van der Waals surface area contributed by atoms with Crippen molar-refractivity contribution in [2.75, 3.05) is 0 Å². The van der Waals surface area contributed by atoms with Gasteiger partial charge in [0.05, 0.1) is 17.7 Å². The van der Waals surface area contributed by atoms with Crippen LogP contribution in [0.15, 0.2) is 18.7 Å². The SMILES string of the molecule is CCn1cncc1CN1[C@H]2CC[C@@H]1c1cnc(C)nc1C2. The van der Waals surface area contributed by atoms with Crippen LogP contribution in [-0.2, 0) is 19.5 Å². The van der Waals surface area contributed by atoms with Crippen LogP contribution in [0.3, 0.4) is 0 Å². The first-order chi connectivity index (χ1) is 10.3. The summed E-state index contributed by atoms with van der Waals surface area (Å²) in [5.74, 6) is 0.894. The van der Waals surface area contributed by atoms with E-state index in [-0.39, 0.29) is 0 Å². The van der Waals surface area contributed by atoms with Crippen LogP contribution in [0.5, 0.6) is 0 Å². The number of hydrogen-bond acceptors (Lipinski definition) is 4. The lowest BCUT2D eigenvalue weighted by atomic mass is 9.99.